The molecule has 1 aromatic heterocycles. The summed E-state index contributed by atoms with van der Waals surface area (Å²) in [5.41, 5.74) is 3.11. The highest BCUT2D eigenvalue weighted by atomic mass is 16.1. The minimum atomic E-state index is 0.0345. The molecule has 0 bridgehead atoms. The van der Waals surface area contributed by atoms with E-state index in [1.54, 1.807) is 0 Å². The Hall–Kier alpha value is -1.61. The number of aromatic nitrogens is 1. The first-order chi connectivity index (χ1) is 9.76. The fraction of sp³-hybridized carbons (Fsp3) is 0.471. The number of fused-ring (bicyclic) bond motifs is 1. The molecule has 3 heteroatoms. The number of H-pyrrole nitrogens is 1. The molecule has 3 rings (SSSR count). The maximum absolute atomic E-state index is 12.1. The summed E-state index contributed by atoms with van der Waals surface area (Å²) in [7, 11) is 0. The van der Waals surface area contributed by atoms with Crippen molar-refractivity contribution in [2.24, 2.45) is 0 Å². The predicted octanol–water partition coefficient (Wildman–Crippen LogP) is 3.12. The molecule has 0 amide bonds. The average Bonchev–Trinajstić information content (AvgIpc) is 2.98. The lowest BCUT2D eigenvalue weighted by atomic mass is 10.1. The molecule has 2 aromatic rings. The van der Waals surface area contributed by atoms with E-state index in [0.717, 1.165) is 22.9 Å². The summed E-state index contributed by atoms with van der Waals surface area (Å²) in [6.07, 6.45) is 6.12. The molecule has 0 atom stereocenters. The van der Waals surface area contributed by atoms with Crippen LogP contribution in [-0.4, -0.2) is 11.0 Å². The third-order valence-corrected chi connectivity index (χ3v) is 4.33. The van der Waals surface area contributed by atoms with Crippen molar-refractivity contribution in [2.45, 2.75) is 51.6 Å². The normalized spacial score (nSPS) is 16.1. The van der Waals surface area contributed by atoms with Crippen molar-refractivity contribution in [3.8, 4) is 0 Å². The number of pyridine rings is 1. The van der Waals surface area contributed by atoms with E-state index < -0.39 is 0 Å². The van der Waals surface area contributed by atoms with Crippen LogP contribution >= 0.6 is 0 Å². The van der Waals surface area contributed by atoms with Crippen LogP contribution in [0, 0.1) is 0 Å². The monoisotopic (exact) mass is 270 g/mol. The molecular weight excluding hydrogens is 248 g/mol. The molecule has 1 aliphatic carbocycles. The van der Waals surface area contributed by atoms with Gasteiger partial charge in [-0.2, -0.15) is 0 Å². The van der Waals surface area contributed by atoms with Crippen molar-refractivity contribution in [1.29, 1.82) is 0 Å². The zero-order valence-corrected chi connectivity index (χ0v) is 12.0. The maximum atomic E-state index is 12.1. The van der Waals surface area contributed by atoms with Gasteiger partial charge in [-0.15, -0.1) is 0 Å². The van der Waals surface area contributed by atoms with Crippen LogP contribution in [0.1, 0.15) is 43.7 Å². The SMILES string of the molecule is CCc1ccc2[nH]c(=O)c(CNC3CCCC3)cc2c1. The summed E-state index contributed by atoms with van der Waals surface area (Å²) in [6, 6.07) is 8.88. The van der Waals surface area contributed by atoms with Gasteiger partial charge in [0.15, 0.2) is 0 Å². The highest BCUT2D eigenvalue weighted by Crippen LogP contribution is 2.18. The van der Waals surface area contributed by atoms with Crippen LogP contribution in [0.2, 0.25) is 0 Å². The molecule has 0 unspecified atom stereocenters. The van der Waals surface area contributed by atoms with Crippen molar-refractivity contribution in [1.82, 2.24) is 10.3 Å². The molecule has 1 aliphatic rings. The van der Waals surface area contributed by atoms with Gasteiger partial charge in [0, 0.05) is 23.7 Å². The number of benzene rings is 1. The first-order valence-corrected chi connectivity index (χ1v) is 7.64. The van der Waals surface area contributed by atoms with Gasteiger partial charge in [-0.25, -0.2) is 0 Å². The van der Waals surface area contributed by atoms with E-state index in [0.29, 0.717) is 12.6 Å². The Bertz CT molecular complexity index is 654. The largest absolute Gasteiger partial charge is 0.322 e. The van der Waals surface area contributed by atoms with Gasteiger partial charge < -0.3 is 10.3 Å². The second kappa shape index (κ2) is 5.80. The molecule has 0 aliphatic heterocycles. The van der Waals surface area contributed by atoms with Gasteiger partial charge >= 0.3 is 0 Å². The average molecular weight is 270 g/mol. The number of hydrogen-bond acceptors (Lipinski definition) is 2. The third kappa shape index (κ3) is 2.78. The van der Waals surface area contributed by atoms with E-state index in [-0.39, 0.29) is 5.56 Å². The standard InChI is InChI=1S/C17H22N2O/c1-2-12-7-8-16-13(9-12)10-14(17(20)19-16)11-18-15-5-3-4-6-15/h7-10,15,18H,2-6,11H2,1H3,(H,19,20). The highest BCUT2D eigenvalue weighted by Gasteiger charge is 2.14. The smallest absolute Gasteiger partial charge is 0.252 e. The first kappa shape index (κ1) is 13.4. The summed E-state index contributed by atoms with van der Waals surface area (Å²) in [5.74, 6) is 0. The Morgan fingerprint density at radius 2 is 2.05 bits per heavy atom. The van der Waals surface area contributed by atoms with E-state index in [1.807, 2.05) is 12.1 Å². The zero-order valence-electron chi connectivity index (χ0n) is 12.0. The Morgan fingerprint density at radius 1 is 1.25 bits per heavy atom. The Balaban J connectivity index is 1.85. The lowest BCUT2D eigenvalue weighted by Crippen LogP contribution is -2.28. The molecule has 1 heterocycles. The second-order valence-electron chi connectivity index (χ2n) is 5.76. The van der Waals surface area contributed by atoms with Gasteiger partial charge in [0.1, 0.15) is 0 Å². The highest BCUT2D eigenvalue weighted by molar-refractivity contribution is 5.79. The summed E-state index contributed by atoms with van der Waals surface area (Å²) in [4.78, 5) is 15.1. The van der Waals surface area contributed by atoms with Crippen LogP contribution in [-0.2, 0) is 13.0 Å². The van der Waals surface area contributed by atoms with Crippen LogP contribution in [0.5, 0.6) is 0 Å². The minimum absolute atomic E-state index is 0.0345. The second-order valence-corrected chi connectivity index (χ2v) is 5.76. The molecule has 1 aromatic carbocycles. The van der Waals surface area contributed by atoms with Crippen molar-refractivity contribution in [2.75, 3.05) is 0 Å². The van der Waals surface area contributed by atoms with Gasteiger partial charge in [-0.3, -0.25) is 4.79 Å². The summed E-state index contributed by atoms with van der Waals surface area (Å²) < 4.78 is 0. The van der Waals surface area contributed by atoms with E-state index >= 15 is 0 Å². The molecule has 20 heavy (non-hydrogen) atoms. The first-order valence-electron chi connectivity index (χ1n) is 7.64. The maximum Gasteiger partial charge on any atom is 0.252 e. The van der Waals surface area contributed by atoms with Crippen LogP contribution in [0.15, 0.2) is 29.1 Å². The number of hydrogen-bond donors (Lipinski definition) is 2. The summed E-state index contributed by atoms with van der Waals surface area (Å²) in [5, 5.41) is 4.64. The third-order valence-electron chi connectivity index (χ3n) is 4.33. The van der Waals surface area contributed by atoms with Gasteiger partial charge in [-0.05, 0) is 48.4 Å². The van der Waals surface area contributed by atoms with Crippen LogP contribution in [0.4, 0.5) is 0 Å². The molecule has 1 saturated carbocycles. The van der Waals surface area contributed by atoms with Gasteiger partial charge in [0.05, 0.1) is 0 Å². The Labute approximate surface area is 119 Å². The lowest BCUT2D eigenvalue weighted by molar-refractivity contribution is 0.523. The van der Waals surface area contributed by atoms with E-state index in [1.165, 1.54) is 31.2 Å². The topological polar surface area (TPSA) is 44.9 Å². The Morgan fingerprint density at radius 3 is 2.80 bits per heavy atom. The molecule has 1 fully saturated rings. The van der Waals surface area contributed by atoms with E-state index in [2.05, 4.69) is 29.4 Å². The van der Waals surface area contributed by atoms with Crippen LogP contribution in [0.3, 0.4) is 0 Å². The molecule has 106 valence electrons. The van der Waals surface area contributed by atoms with Crippen molar-refractivity contribution >= 4 is 10.9 Å². The quantitative estimate of drug-likeness (QED) is 0.896. The molecule has 0 saturated heterocycles. The Kier molecular flexibility index (Phi) is 3.88. The zero-order chi connectivity index (χ0) is 13.9. The number of aromatic amines is 1. The number of nitrogens with one attached hydrogen (secondary N) is 2. The lowest BCUT2D eigenvalue weighted by Gasteiger charge is -2.11. The van der Waals surface area contributed by atoms with Crippen molar-refractivity contribution in [3.05, 3.63) is 45.7 Å². The van der Waals surface area contributed by atoms with Gasteiger partial charge in [0.2, 0.25) is 0 Å². The molecule has 0 spiro atoms. The fourth-order valence-electron chi connectivity index (χ4n) is 3.04. The predicted molar refractivity (Wildman–Crippen MR) is 83.0 cm³/mol. The van der Waals surface area contributed by atoms with Crippen LogP contribution in [0.25, 0.3) is 10.9 Å². The summed E-state index contributed by atoms with van der Waals surface area (Å²) in [6.45, 7) is 2.82. The minimum Gasteiger partial charge on any atom is -0.322 e. The van der Waals surface area contributed by atoms with E-state index in [9.17, 15) is 4.79 Å². The molecule has 3 nitrogen and oxygen atoms in total. The number of rotatable bonds is 4. The van der Waals surface area contributed by atoms with E-state index in [4.69, 9.17) is 0 Å². The van der Waals surface area contributed by atoms with Crippen molar-refractivity contribution in [3.63, 3.8) is 0 Å². The van der Waals surface area contributed by atoms with Crippen molar-refractivity contribution < 1.29 is 0 Å². The number of aryl methyl sites for hydroxylation is 1. The van der Waals surface area contributed by atoms with Gasteiger partial charge in [-0.1, -0.05) is 25.8 Å². The fourth-order valence-corrected chi connectivity index (χ4v) is 3.04. The molecule has 2 N–H and O–H groups in total. The van der Waals surface area contributed by atoms with Crippen LogP contribution < -0.4 is 10.9 Å². The molecular formula is C17H22N2O. The summed E-state index contributed by atoms with van der Waals surface area (Å²) >= 11 is 0. The van der Waals surface area contributed by atoms with Gasteiger partial charge in [0.25, 0.3) is 5.56 Å². The molecule has 0 radical (unpaired) electrons.